The molecule has 0 amide bonds. The number of hydrogen-bond donors (Lipinski definition) is 1. The zero-order valence-electron chi connectivity index (χ0n) is 18.1. The Morgan fingerprint density at radius 2 is 1.00 bits per heavy atom. The standard InChI is InChI=1S/C26H28O4/c1-25(2,3)18-8-14-22(15-9-18)29-24(28)30-23-16-10-20(11-17-23)26(4,5)19-6-12-21(27)13-7-19/h6-17,27H,1-5H3. The average molecular weight is 405 g/mol. The van der Waals surface area contributed by atoms with Gasteiger partial charge in [0.05, 0.1) is 0 Å². The molecule has 3 rings (SSSR count). The van der Waals surface area contributed by atoms with Gasteiger partial charge in [-0.2, -0.15) is 0 Å². The molecular weight excluding hydrogens is 376 g/mol. The lowest BCUT2D eigenvalue weighted by Gasteiger charge is -2.26. The Morgan fingerprint density at radius 1 is 0.633 bits per heavy atom. The molecule has 156 valence electrons. The topological polar surface area (TPSA) is 55.8 Å². The summed E-state index contributed by atoms with van der Waals surface area (Å²) in [5, 5.41) is 9.51. The molecular formula is C26H28O4. The second kappa shape index (κ2) is 8.23. The van der Waals surface area contributed by atoms with Crippen molar-refractivity contribution in [1.29, 1.82) is 0 Å². The summed E-state index contributed by atoms with van der Waals surface area (Å²) < 4.78 is 10.6. The molecule has 4 nitrogen and oxygen atoms in total. The first-order valence-corrected chi connectivity index (χ1v) is 9.96. The molecule has 30 heavy (non-hydrogen) atoms. The monoisotopic (exact) mass is 404 g/mol. The molecule has 0 fully saturated rings. The molecule has 0 radical (unpaired) electrons. The van der Waals surface area contributed by atoms with Crippen LogP contribution >= 0.6 is 0 Å². The Balaban J connectivity index is 1.65. The second-order valence-electron chi connectivity index (χ2n) is 8.92. The van der Waals surface area contributed by atoms with Crippen molar-refractivity contribution in [3.05, 3.63) is 89.5 Å². The average Bonchev–Trinajstić information content (AvgIpc) is 2.68. The van der Waals surface area contributed by atoms with Crippen LogP contribution in [0.1, 0.15) is 51.3 Å². The number of rotatable bonds is 4. The van der Waals surface area contributed by atoms with Gasteiger partial charge in [0.1, 0.15) is 17.2 Å². The third-order valence-electron chi connectivity index (χ3n) is 5.29. The number of aromatic hydroxyl groups is 1. The third-order valence-corrected chi connectivity index (χ3v) is 5.29. The minimum Gasteiger partial charge on any atom is -0.508 e. The van der Waals surface area contributed by atoms with Crippen LogP contribution in [0, 0.1) is 0 Å². The highest BCUT2D eigenvalue weighted by Crippen LogP contribution is 2.33. The van der Waals surface area contributed by atoms with E-state index in [4.69, 9.17) is 9.47 Å². The summed E-state index contributed by atoms with van der Waals surface area (Å²) >= 11 is 0. The fraction of sp³-hybridized carbons (Fsp3) is 0.269. The minimum atomic E-state index is -0.774. The molecule has 1 N–H and O–H groups in total. The minimum absolute atomic E-state index is 0.0364. The molecule has 0 spiro atoms. The molecule has 0 saturated carbocycles. The maximum atomic E-state index is 12.1. The van der Waals surface area contributed by atoms with Crippen LogP contribution in [0.5, 0.6) is 17.2 Å². The van der Waals surface area contributed by atoms with E-state index in [1.807, 2.05) is 36.4 Å². The predicted octanol–water partition coefficient (Wildman–Crippen LogP) is 6.59. The van der Waals surface area contributed by atoms with E-state index in [2.05, 4.69) is 34.6 Å². The zero-order valence-corrected chi connectivity index (χ0v) is 18.1. The van der Waals surface area contributed by atoms with Gasteiger partial charge < -0.3 is 14.6 Å². The third kappa shape index (κ3) is 5.01. The highest BCUT2D eigenvalue weighted by atomic mass is 16.7. The molecule has 0 aliphatic carbocycles. The Labute approximate surface area is 178 Å². The van der Waals surface area contributed by atoms with Gasteiger partial charge in [-0.3, -0.25) is 0 Å². The van der Waals surface area contributed by atoms with Crippen LogP contribution in [0.3, 0.4) is 0 Å². The van der Waals surface area contributed by atoms with Crippen molar-refractivity contribution in [3.8, 4) is 17.2 Å². The van der Waals surface area contributed by atoms with Gasteiger partial charge in [0.25, 0.3) is 0 Å². The van der Waals surface area contributed by atoms with Crippen molar-refractivity contribution in [2.24, 2.45) is 0 Å². The smallest absolute Gasteiger partial charge is 0.508 e. The van der Waals surface area contributed by atoms with E-state index < -0.39 is 6.16 Å². The van der Waals surface area contributed by atoms with Crippen LogP contribution in [0.2, 0.25) is 0 Å². The first kappa shape index (κ1) is 21.4. The van der Waals surface area contributed by atoms with Crippen molar-refractivity contribution < 1.29 is 19.4 Å². The van der Waals surface area contributed by atoms with Crippen LogP contribution in [0.25, 0.3) is 0 Å². The van der Waals surface area contributed by atoms with Gasteiger partial charge in [0, 0.05) is 5.41 Å². The second-order valence-corrected chi connectivity index (χ2v) is 8.92. The summed E-state index contributed by atoms with van der Waals surface area (Å²) in [6.07, 6.45) is -0.774. The molecule has 0 aliphatic heterocycles. The summed E-state index contributed by atoms with van der Waals surface area (Å²) in [6, 6.07) is 22.0. The predicted molar refractivity (Wildman–Crippen MR) is 118 cm³/mol. The highest BCUT2D eigenvalue weighted by Gasteiger charge is 2.23. The van der Waals surface area contributed by atoms with E-state index in [-0.39, 0.29) is 16.6 Å². The van der Waals surface area contributed by atoms with E-state index in [1.165, 1.54) is 0 Å². The fourth-order valence-corrected chi connectivity index (χ4v) is 3.22. The fourth-order valence-electron chi connectivity index (χ4n) is 3.22. The molecule has 0 aliphatic rings. The van der Waals surface area contributed by atoms with Crippen LogP contribution in [0.4, 0.5) is 4.79 Å². The van der Waals surface area contributed by atoms with Gasteiger partial charge in [-0.25, -0.2) is 4.79 Å². The van der Waals surface area contributed by atoms with E-state index in [9.17, 15) is 9.90 Å². The molecule has 0 saturated heterocycles. The Morgan fingerprint density at radius 3 is 1.40 bits per heavy atom. The Kier molecular flexibility index (Phi) is 5.88. The number of phenols is 1. The number of carbonyl (C=O) groups is 1. The maximum Gasteiger partial charge on any atom is 0.519 e. The number of phenolic OH excluding ortho intramolecular Hbond substituents is 1. The van der Waals surface area contributed by atoms with Crippen LogP contribution in [-0.4, -0.2) is 11.3 Å². The first-order chi connectivity index (χ1) is 14.1. The van der Waals surface area contributed by atoms with Crippen LogP contribution in [0.15, 0.2) is 72.8 Å². The molecule has 4 heteroatoms. The lowest BCUT2D eigenvalue weighted by Crippen LogP contribution is -2.19. The number of carbonyl (C=O) groups excluding carboxylic acids is 1. The van der Waals surface area contributed by atoms with Gasteiger partial charge in [0.2, 0.25) is 0 Å². The molecule has 0 bridgehead atoms. The summed E-state index contributed by atoms with van der Waals surface area (Å²) in [5.41, 5.74) is 3.07. The quantitative estimate of drug-likeness (QED) is 0.393. The van der Waals surface area contributed by atoms with E-state index >= 15 is 0 Å². The van der Waals surface area contributed by atoms with Crippen molar-refractivity contribution >= 4 is 6.16 Å². The zero-order chi connectivity index (χ0) is 21.9. The molecule has 3 aromatic carbocycles. The molecule has 3 aromatic rings. The summed E-state index contributed by atoms with van der Waals surface area (Å²) in [5.74, 6) is 1.10. The Bertz CT molecular complexity index is 993. The Hall–Kier alpha value is -3.27. The number of ether oxygens (including phenoxy) is 2. The summed E-state index contributed by atoms with van der Waals surface area (Å²) in [4.78, 5) is 12.1. The van der Waals surface area contributed by atoms with Crippen LogP contribution < -0.4 is 9.47 Å². The normalized spacial score (nSPS) is 11.8. The number of hydrogen-bond acceptors (Lipinski definition) is 4. The van der Waals surface area contributed by atoms with E-state index in [1.54, 1.807) is 36.4 Å². The van der Waals surface area contributed by atoms with E-state index in [0.29, 0.717) is 11.5 Å². The molecule has 0 heterocycles. The summed E-state index contributed by atoms with van der Waals surface area (Å²) in [7, 11) is 0. The van der Waals surface area contributed by atoms with Crippen molar-refractivity contribution in [3.63, 3.8) is 0 Å². The lowest BCUT2D eigenvalue weighted by atomic mass is 9.78. The van der Waals surface area contributed by atoms with Gasteiger partial charge >= 0.3 is 6.16 Å². The first-order valence-electron chi connectivity index (χ1n) is 9.96. The lowest BCUT2D eigenvalue weighted by molar-refractivity contribution is 0.152. The van der Waals surface area contributed by atoms with Gasteiger partial charge in [-0.15, -0.1) is 0 Å². The van der Waals surface area contributed by atoms with Gasteiger partial charge in [-0.1, -0.05) is 71.0 Å². The largest absolute Gasteiger partial charge is 0.519 e. The van der Waals surface area contributed by atoms with Crippen LogP contribution in [-0.2, 0) is 10.8 Å². The van der Waals surface area contributed by atoms with Crippen molar-refractivity contribution in [1.82, 2.24) is 0 Å². The maximum absolute atomic E-state index is 12.1. The molecule has 0 atom stereocenters. The van der Waals surface area contributed by atoms with Gasteiger partial charge in [-0.05, 0) is 58.5 Å². The van der Waals surface area contributed by atoms with Crippen molar-refractivity contribution in [2.75, 3.05) is 0 Å². The highest BCUT2D eigenvalue weighted by molar-refractivity contribution is 5.67. The number of benzene rings is 3. The van der Waals surface area contributed by atoms with E-state index in [0.717, 1.165) is 16.7 Å². The molecule has 0 unspecified atom stereocenters. The summed E-state index contributed by atoms with van der Waals surface area (Å²) in [6.45, 7) is 10.6. The van der Waals surface area contributed by atoms with Crippen molar-refractivity contribution in [2.45, 2.75) is 45.4 Å². The van der Waals surface area contributed by atoms with Gasteiger partial charge in [0.15, 0.2) is 0 Å². The SMILES string of the molecule is CC(C)(C)c1ccc(OC(=O)Oc2ccc(C(C)(C)c3ccc(O)cc3)cc2)cc1. The molecule has 0 aromatic heterocycles.